The molecule has 0 saturated heterocycles. The fraction of sp³-hybridized carbons (Fsp3) is 0. The van der Waals surface area contributed by atoms with Crippen molar-refractivity contribution in [1.82, 2.24) is 0 Å². The van der Waals surface area contributed by atoms with Crippen molar-refractivity contribution in [2.75, 3.05) is 0 Å². The molecule has 7 heteroatoms. The second-order valence-electron chi connectivity index (χ2n) is 0.513. The molecule has 0 aliphatic heterocycles. The van der Waals surface area contributed by atoms with Crippen molar-refractivity contribution in [3.63, 3.8) is 0 Å². The van der Waals surface area contributed by atoms with Gasteiger partial charge in [-0.2, -0.15) is 0 Å². The van der Waals surface area contributed by atoms with E-state index >= 15 is 0 Å². The molecule has 0 aliphatic rings. The standard InChI is InChI=1S/Al.Ca.H3O4P/c;;1-5(2,3)4/h;;(H3,1,2,3,4)/q+3;+2;. The summed E-state index contributed by atoms with van der Waals surface area (Å²) in [6.07, 6.45) is 0. The van der Waals surface area contributed by atoms with Crippen LogP contribution < -0.4 is 0 Å². The van der Waals surface area contributed by atoms with Gasteiger partial charge in [-0.3, -0.25) is 0 Å². The van der Waals surface area contributed by atoms with E-state index in [1.807, 2.05) is 0 Å². The van der Waals surface area contributed by atoms with Crippen LogP contribution in [0.2, 0.25) is 0 Å². The van der Waals surface area contributed by atoms with Crippen molar-refractivity contribution in [3.8, 4) is 0 Å². The van der Waals surface area contributed by atoms with Crippen LogP contribution in [-0.4, -0.2) is 69.8 Å². The summed E-state index contributed by atoms with van der Waals surface area (Å²) in [6, 6.07) is 0. The van der Waals surface area contributed by atoms with Gasteiger partial charge in [0, 0.05) is 0 Å². The predicted molar refractivity (Wildman–Crippen MR) is 25.8 cm³/mol. The van der Waals surface area contributed by atoms with Crippen molar-refractivity contribution in [2.24, 2.45) is 0 Å². The molecule has 0 bridgehead atoms. The molecule has 7 heavy (non-hydrogen) atoms. The van der Waals surface area contributed by atoms with Gasteiger partial charge in [-0.1, -0.05) is 0 Å². The van der Waals surface area contributed by atoms with E-state index in [2.05, 4.69) is 0 Å². The molecule has 0 rings (SSSR count). The first-order chi connectivity index (χ1) is 2.00. The summed E-state index contributed by atoms with van der Waals surface area (Å²) in [6.45, 7) is 0. The molecule has 0 aromatic rings. The van der Waals surface area contributed by atoms with Crippen LogP contribution in [0.25, 0.3) is 0 Å². The summed E-state index contributed by atoms with van der Waals surface area (Å²) in [5.74, 6) is 0. The van der Waals surface area contributed by atoms with Gasteiger partial charge in [0.1, 0.15) is 0 Å². The molecule has 0 unspecified atom stereocenters. The molecular weight excluding hydrogens is 162 g/mol. The normalized spacial score (nSPS) is 8.43. The maximum atomic E-state index is 8.88. The zero-order valence-corrected chi connectivity index (χ0v) is 7.74. The molecule has 3 N–H and O–H groups in total. The Labute approximate surface area is 81.3 Å². The Balaban J connectivity index is -0.0000000800. The molecule has 0 aliphatic carbocycles. The number of phosphoric acid groups is 1. The van der Waals surface area contributed by atoms with Gasteiger partial charge in [-0.15, -0.1) is 0 Å². The number of hydrogen-bond acceptors (Lipinski definition) is 1. The van der Waals surface area contributed by atoms with Gasteiger partial charge in [0.25, 0.3) is 0 Å². The molecule has 0 saturated carbocycles. The monoisotopic (exact) mass is 165 g/mol. The van der Waals surface area contributed by atoms with Gasteiger partial charge in [0.05, 0.1) is 0 Å². The Morgan fingerprint density at radius 2 is 1.14 bits per heavy atom. The van der Waals surface area contributed by atoms with Gasteiger partial charge in [0.15, 0.2) is 0 Å². The van der Waals surface area contributed by atoms with E-state index in [9.17, 15) is 0 Å². The van der Waals surface area contributed by atoms with Crippen LogP contribution in [0.1, 0.15) is 0 Å². The molecule has 0 fully saturated rings. The van der Waals surface area contributed by atoms with E-state index in [0.29, 0.717) is 0 Å². The average molecular weight is 165 g/mol. The summed E-state index contributed by atoms with van der Waals surface area (Å²) in [5, 5.41) is 0. The van der Waals surface area contributed by atoms with Crippen molar-refractivity contribution in [1.29, 1.82) is 0 Å². The molecule has 0 aromatic carbocycles. The number of rotatable bonds is 0. The summed E-state index contributed by atoms with van der Waals surface area (Å²) >= 11 is 0. The van der Waals surface area contributed by atoms with Crippen LogP contribution in [0.4, 0.5) is 0 Å². The van der Waals surface area contributed by atoms with Gasteiger partial charge < -0.3 is 14.7 Å². The molecule has 0 radical (unpaired) electrons. The maximum absolute atomic E-state index is 8.88. The van der Waals surface area contributed by atoms with Crippen LogP contribution in [0.3, 0.4) is 0 Å². The molecule has 4 nitrogen and oxygen atoms in total. The average Bonchev–Trinajstić information content (AvgIpc) is 0.722. The first kappa shape index (κ1) is 16.0. The zero-order valence-electron chi connectivity index (χ0n) is 3.48. The third kappa shape index (κ3) is 76.1. The Morgan fingerprint density at radius 1 is 1.14 bits per heavy atom. The Hall–Kier alpha value is 1.90. The van der Waals surface area contributed by atoms with Crippen LogP contribution in [0.15, 0.2) is 0 Å². The Kier molecular flexibility index (Phi) is 13.7. The smallest absolute Gasteiger partial charge is 0.303 e. The predicted octanol–water partition coefficient (Wildman–Crippen LogP) is -1.69. The molecule has 0 atom stereocenters. The van der Waals surface area contributed by atoms with Gasteiger partial charge >= 0.3 is 62.9 Å². The maximum Gasteiger partial charge on any atom is 3.00 e. The fourth-order valence-corrected chi connectivity index (χ4v) is 0. The van der Waals surface area contributed by atoms with Crippen LogP contribution in [-0.2, 0) is 4.57 Å². The topological polar surface area (TPSA) is 77.8 Å². The Morgan fingerprint density at radius 3 is 1.14 bits per heavy atom. The summed E-state index contributed by atoms with van der Waals surface area (Å²) in [5.41, 5.74) is 0. The first-order valence-corrected chi connectivity index (χ1v) is 2.35. The van der Waals surface area contributed by atoms with Gasteiger partial charge in [0.2, 0.25) is 0 Å². The van der Waals surface area contributed by atoms with E-state index in [1.54, 1.807) is 0 Å². The molecule has 0 heterocycles. The minimum absolute atomic E-state index is 0. The largest absolute Gasteiger partial charge is 3.00 e. The third-order valence-electron chi connectivity index (χ3n) is 0. The van der Waals surface area contributed by atoms with Crippen LogP contribution in [0.5, 0.6) is 0 Å². The number of hydrogen-bond donors (Lipinski definition) is 3. The van der Waals surface area contributed by atoms with E-state index in [4.69, 9.17) is 19.2 Å². The Bertz CT molecular complexity index is 57.8. The SMILES string of the molecule is O=P(O)(O)O.[Al+3].[Ca+2]. The zero-order chi connectivity index (χ0) is 4.50. The molecule has 32 valence electrons. The fourth-order valence-electron chi connectivity index (χ4n) is 0. The van der Waals surface area contributed by atoms with Crippen LogP contribution >= 0.6 is 7.82 Å². The molecular formula is H3AlCaO4P+5. The second kappa shape index (κ2) is 6.03. The minimum atomic E-state index is -4.64. The summed E-state index contributed by atoms with van der Waals surface area (Å²) < 4.78 is 8.88. The van der Waals surface area contributed by atoms with Crippen molar-refractivity contribution in [2.45, 2.75) is 0 Å². The summed E-state index contributed by atoms with van der Waals surface area (Å²) in [7, 11) is -4.64. The van der Waals surface area contributed by atoms with E-state index in [0.717, 1.165) is 0 Å². The summed E-state index contributed by atoms with van der Waals surface area (Å²) in [4.78, 5) is 21.6. The molecule has 0 amide bonds. The van der Waals surface area contributed by atoms with Gasteiger partial charge in [-0.25, -0.2) is 4.57 Å². The molecule has 0 spiro atoms. The quantitative estimate of drug-likeness (QED) is 0.295. The first-order valence-electron chi connectivity index (χ1n) is 0.783. The van der Waals surface area contributed by atoms with E-state index in [-0.39, 0.29) is 55.1 Å². The van der Waals surface area contributed by atoms with Crippen LogP contribution in [0, 0.1) is 0 Å². The van der Waals surface area contributed by atoms with Crippen molar-refractivity contribution < 1.29 is 19.2 Å². The third-order valence-corrected chi connectivity index (χ3v) is 0. The van der Waals surface area contributed by atoms with Gasteiger partial charge in [-0.05, 0) is 0 Å². The molecule has 0 aromatic heterocycles. The van der Waals surface area contributed by atoms with Crippen molar-refractivity contribution in [3.05, 3.63) is 0 Å². The van der Waals surface area contributed by atoms with E-state index in [1.165, 1.54) is 0 Å². The minimum Gasteiger partial charge on any atom is -0.303 e. The van der Waals surface area contributed by atoms with Crippen molar-refractivity contribution >= 4 is 62.9 Å². The second-order valence-corrected chi connectivity index (χ2v) is 1.54. The van der Waals surface area contributed by atoms with E-state index < -0.39 is 7.82 Å².